The quantitative estimate of drug-likeness (QED) is 0.0761. The van der Waals surface area contributed by atoms with Crippen molar-refractivity contribution in [3.05, 3.63) is 206 Å². The molecule has 18 nitrogen and oxygen atoms in total. The zero-order valence-corrected chi connectivity index (χ0v) is 65.6. The number of nitriles is 2. The maximum atomic E-state index is 15.0. The number of hydrogen-bond donors (Lipinski definition) is 2. The Morgan fingerprint density at radius 3 is 1.26 bits per heavy atom. The third kappa shape index (κ3) is 16.1. The van der Waals surface area contributed by atoms with Crippen LogP contribution < -0.4 is 15.1 Å². The van der Waals surface area contributed by atoms with Crippen LogP contribution in [0.25, 0.3) is 45.2 Å². The minimum atomic E-state index is -0.404. The molecular weight excluding hydrogens is 1680 g/mol. The van der Waals surface area contributed by atoms with Gasteiger partial charge in [0.2, 0.25) is 5.82 Å². The molecule has 29 heteroatoms. The lowest BCUT2D eigenvalue weighted by molar-refractivity contribution is 0.00913. The van der Waals surface area contributed by atoms with Crippen molar-refractivity contribution in [2.45, 2.75) is 151 Å². The second kappa shape index (κ2) is 32.6. The van der Waals surface area contributed by atoms with E-state index < -0.39 is 5.82 Å². The van der Waals surface area contributed by atoms with Gasteiger partial charge in [0.15, 0.2) is 0 Å². The third-order valence-electron chi connectivity index (χ3n) is 21.8. The highest BCUT2D eigenvalue weighted by Gasteiger charge is 2.49. The van der Waals surface area contributed by atoms with Gasteiger partial charge in [0.25, 0.3) is 0 Å². The lowest BCUT2D eigenvalue weighted by Gasteiger charge is -2.33. The van der Waals surface area contributed by atoms with Crippen molar-refractivity contribution in [1.82, 2.24) is 41.4 Å². The Balaban J connectivity index is 0.000000121. The molecule has 6 bridgehead atoms. The van der Waals surface area contributed by atoms with Gasteiger partial charge in [0, 0.05) is 106 Å². The summed E-state index contributed by atoms with van der Waals surface area (Å²) in [5.74, 6) is 4.50. The predicted octanol–water partition coefficient (Wildman–Crippen LogP) is 20.6. The lowest BCUT2D eigenvalue weighted by atomic mass is 10.0. The lowest BCUT2D eigenvalue weighted by Crippen LogP contribution is -2.39. The molecule has 0 spiro atoms. The summed E-state index contributed by atoms with van der Waals surface area (Å²) in [5.41, 5.74) is 9.46. The number of tetrazole rings is 1. The molecular formula is C78H69BrCl6F3IN12O6. The second-order valence-electron chi connectivity index (χ2n) is 28.6. The summed E-state index contributed by atoms with van der Waals surface area (Å²) < 4.78 is 79.0. The van der Waals surface area contributed by atoms with Crippen LogP contribution >= 0.6 is 110 Å². The molecule has 3 aliphatic heterocycles. The average Bonchev–Trinajstić information content (AvgIpc) is 1.64. The van der Waals surface area contributed by atoms with Crippen LogP contribution in [0.15, 0.2) is 127 Å². The summed E-state index contributed by atoms with van der Waals surface area (Å²) in [7, 11) is 0. The summed E-state index contributed by atoms with van der Waals surface area (Å²) in [6, 6.07) is 35.3. The molecule has 6 aliphatic carbocycles. The van der Waals surface area contributed by atoms with Crippen LogP contribution in [0.5, 0.6) is 0 Å². The Labute approximate surface area is 670 Å². The topological polar surface area (TPSA) is 226 Å². The van der Waals surface area contributed by atoms with E-state index in [9.17, 15) is 8.78 Å². The molecule has 0 amide bonds. The summed E-state index contributed by atoms with van der Waals surface area (Å²) >= 11 is 41.7. The van der Waals surface area contributed by atoms with Gasteiger partial charge < -0.3 is 42.9 Å². The van der Waals surface area contributed by atoms with Gasteiger partial charge in [0.1, 0.15) is 51.8 Å². The molecule has 9 fully saturated rings. The first-order chi connectivity index (χ1) is 51.5. The van der Waals surface area contributed by atoms with E-state index in [0.29, 0.717) is 158 Å². The van der Waals surface area contributed by atoms with Gasteiger partial charge in [-0.05, 0) is 195 Å². The molecule has 2 N–H and O–H groups in total. The normalized spacial score (nSPS) is 22.7. The van der Waals surface area contributed by atoms with E-state index in [1.54, 1.807) is 48.5 Å². The highest BCUT2D eigenvalue weighted by molar-refractivity contribution is 14.0. The molecule has 6 aromatic carbocycles. The zero-order valence-electron chi connectivity index (χ0n) is 57.2. The number of halogens is 11. The van der Waals surface area contributed by atoms with E-state index in [1.807, 2.05) is 48.5 Å². The Bertz CT molecular complexity index is 4950. The van der Waals surface area contributed by atoms with Crippen LogP contribution in [0, 0.1) is 57.9 Å². The molecule has 554 valence electrons. The number of nitrogens with zero attached hydrogens (tertiary/aromatic N) is 10. The van der Waals surface area contributed by atoms with Gasteiger partial charge in [-0.15, -0.1) is 34.2 Å². The fourth-order valence-electron chi connectivity index (χ4n) is 16.1. The molecule has 9 aliphatic rings. The number of rotatable bonds is 18. The van der Waals surface area contributed by atoms with Gasteiger partial charge in [-0.2, -0.15) is 15.7 Å². The van der Waals surface area contributed by atoms with Gasteiger partial charge in [-0.1, -0.05) is 103 Å². The number of hydrogen-bond acceptors (Lipinski definition) is 17. The molecule has 3 saturated heterocycles. The highest BCUT2D eigenvalue weighted by atomic mass is 127. The fraction of sp³-hybridized carbons (Fsp3) is 0.385. The monoisotopic (exact) mass is 1740 g/mol. The Kier molecular flexibility index (Phi) is 23.0. The minimum Gasteiger partial charge on any atom is -0.373 e. The van der Waals surface area contributed by atoms with E-state index in [-0.39, 0.29) is 59.9 Å². The molecule has 0 unspecified atom stereocenters. The smallest absolute Gasteiger partial charge is 0.204 e. The highest BCUT2D eigenvalue weighted by Crippen LogP contribution is 2.52. The maximum absolute atomic E-state index is 15.0. The van der Waals surface area contributed by atoms with Crippen molar-refractivity contribution in [2.24, 2.45) is 17.8 Å². The average molecular weight is 1750 g/mol. The number of aromatic nitrogens is 7. The van der Waals surface area contributed by atoms with Crippen LogP contribution in [-0.2, 0) is 34.0 Å². The van der Waals surface area contributed by atoms with Gasteiger partial charge in [-0.3, -0.25) is 0 Å². The van der Waals surface area contributed by atoms with Crippen molar-refractivity contribution in [3.8, 4) is 57.3 Å². The summed E-state index contributed by atoms with van der Waals surface area (Å²) in [5, 5.41) is 51.0. The molecule has 19 rings (SSSR count). The van der Waals surface area contributed by atoms with Gasteiger partial charge >= 0.3 is 0 Å². The number of nitrogens with one attached hydrogen (secondary N) is 2. The molecule has 9 atom stereocenters. The summed E-state index contributed by atoms with van der Waals surface area (Å²) in [6.07, 6.45) is 13.0. The first-order valence-electron chi connectivity index (χ1n) is 35.5. The summed E-state index contributed by atoms with van der Waals surface area (Å²) in [6.45, 7) is 3.83. The fourth-order valence-corrected chi connectivity index (χ4v) is 18.0. The van der Waals surface area contributed by atoms with Crippen LogP contribution in [-0.4, -0.2) is 92.2 Å². The minimum absolute atomic E-state index is 0. The zero-order chi connectivity index (χ0) is 73.0. The number of aromatic amines is 1. The third-order valence-corrected chi connectivity index (χ3v) is 24.3. The summed E-state index contributed by atoms with van der Waals surface area (Å²) in [4.78, 5) is 4.27. The number of H-pyrrole nitrogens is 1. The number of piperidine rings is 3. The number of anilines is 2. The van der Waals surface area contributed by atoms with E-state index in [1.165, 1.54) is 30.7 Å². The molecule has 6 saturated carbocycles. The van der Waals surface area contributed by atoms with Crippen molar-refractivity contribution < 1.29 is 41.0 Å². The Hall–Kier alpha value is -6.82. The molecule has 4 aromatic heterocycles. The van der Waals surface area contributed by atoms with Crippen LogP contribution in [0.4, 0.5) is 24.5 Å². The van der Waals surface area contributed by atoms with E-state index in [4.69, 9.17) is 108 Å². The maximum Gasteiger partial charge on any atom is 0.204 e. The van der Waals surface area contributed by atoms with Crippen LogP contribution in [0.1, 0.15) is 140 Å². The van der Waals surface area contributed by atoms with Crippen molar-refractivity contribution >= 4 is 121 Å². The Morgan fingerprint density at radius 1 is 0.505 bits per heavy atom. The van der Waals surface area contributed by atoms with E-state index in [0.717, 1.165) is 135 Å². The predicted molar refractivity (Wildman–Crippen MR) is 415 cm³/mol. The van der Waals surface area contributed by atoms with Gasteiger partial charge in [-0.25, -0.2) is 13.2 Å². The standard InChI is InChI=1S/C26H23Cl2FN6O2.C26H22Cl2FN3O2.C19H20Cl2N2O2.C7H3BrFN.HI/c27-18-2-1-3-19(28)23(18)24-17(25(37-32-24)13-4-5-13)12-36-22-10-16-8-15(22)11-35(16)21-7-6-14(9-20(21)29)26-30-33-34-31-26;27-19-2-1-3-20(28)24(19)25-18(26(34-31-25)15-5-6-15)13-33-23-10-17-9-16(23)12-32(17)22-7-4-14(11-30)8-21(22)29;20-14-2-1-3-15(21)17(14)18-13(19(25-23-18)10-4-5-10)9-24-16-7-12-6-11(16)8-22-12;8-6-2-1-5(4-10)3-7(6)9;/h1-3,6-7,9,13,15-16,22H,4-5,8,10-12H2,(H,30,31,33,34);1-4,7-8,15-17,23H,5-6,9-10,12-13H2;1-3,10-12,16,22H,4-9H2;1-3H;1H/t15-,16-,22+;16-,17-,23+;11-,12-,16+;;/m000../s1. The van der Waals surface area contributed by atoms with Gasteiger partial charge in [0.05, 0.1) is 107 Å². The Morgan fingerprint density at radius 2 is 0.916 bits per heavy atom. The van der Waals surface area contributed by atoms with E-state index in [2.05, 4.69) is 67.1 Å². The first-order valence-corrected chi connectivity index (χ1v) is 38.6. The SMILES string of the molecule is Clc1cccc(Cl)c1-c1noc(C2CC2)c1CO[C@@H]1C[C@@H]2C[C@H]1CN2.Fc1cc(-c2nn[nH]n2)ccc1N1C[C@@H]2C[C@H]1C[C@H]2OCc1c(-c2c(Cl)cccc2Cl)noc1C1CC1.I.N#Cc1ccc(Br)c(F)c1.N#Cc1ccc(N2C[C@@H]3C[C@H]2C[C@H]3OCc2c(-c3c(Cl)cccc3Cl)noc2C2CC2)c(F)c1. The molecule has 0 radical (unpaired) electrons. The number of fused-ring (bicyclic) bond motifs is 6. The number of ether oxygens (including phenoxy) is 3. The van der Waals surface area contributed by atoms with Crippen LogP contribution in [0.3, 0.4) is 0 Å². The van der Waals surface area contributed by atoms with E-state index >= 15 is 4.39 Å². The van der Waals surface area contributed by atoms with Crippen molar-refractivity contribution in [3.63, 3.8) is 0 Å². The molecule has 107 heavy (non-hydrogen) atoms. The van der Waals surface area contributed by atoms with Crippen molar-refractivity contribution in [1.29, 1.82) is 10.5 Å². The first kappa shape index (κ1) is 75.6. The largest absolute Gasteiger partial charge is 0.373 e. The van der Waals surface area contributed by atoms with Crippen molar-refractivity contribution in [2.75, 3.05) is 29.4 Å². The second-order valence-corrected chi connectivity index (χ2v) is 31.9. The molecule has 10 aromatic rings. The number of benzene rings is 6. The van der Waals surface area contributed by atoms with Crippen LogP contribution in [0.2, 0.25) is 30.1 Å². The molecule has 7 heterocycles.